The number of carboxylic acids is 1. The summed E-state index contributed by atoms with van der Waals surface area (Å²) in [6, 6.07) is 0.252. The molecular formula is C10H18N2O3. The highest BCUT2D eigenvalue weighted by molar-refractivity contribution is 5.73. The van der Waals surface area contributed by atoms with E-state index in [1.807, 2.05) is 11.8 Å². The lowest BCUT2D eigenvalue weighted by molar-refractivity contribution is -0.138. The van der Waals surface area contributed by atoms with Crippen LogP contribution in [0.4, 0.5) is 0 Å². The van der Waals surface area contributed by atoms with E-state index in [0.717, 1.165) is 6.54 Å². The monoisotopic (exact) mass is 214 g/mol. The van der Waals surface area contributed by atoms with Crippen molar-refractivity contribution in [3.8, 4) is 0 Å². The molecule has 0 aromatic heterocycles. The standard InChI is InChI=1S/C10H18N2O3/c1-8-7-12(9(2)13)6-5-11(8)4-3-10(14)15/h8H,3-7H2,1-2H3,(H,14,15). The van der Waals surface area contributed by atoms with E-state index in [-0.39, 0.29) is 18.4 Å². The van der Waals surface area contributed by atoms with Gasteiger partial charge in [-0.25, -0.2) is 0 Å². The maximum atomic E-state index is 11.1. The quantitative estimate of drug-likeness (QED) is 0.719. The van der Waals surface area contributed by atoms with Crippen molar-refractivity contribution in [2.75, 3.05) is 26.2 Å². The summed E-state index contributed by atoms with van der Waals surface area (Å²) in [5.74, 6) is -0.670. The Bertz CT molecular complexity index is 255. The van der Waals surface area contributed by atoms with Gasteiger partial charge in [-0.05, 0) is 6.92 Å². The average molecular weight is 214 g/mol. The molecule has 1 atom stereocenters. The minimum atomic E-state index is -0.767. The molecule has 1 saturated heterocycles. The Kier molecular flexibility index (Phi) is 4.08. The second-order valence-electron chi connectivity index (χ2n) is 3.99. The predicted molar refractivity (Wildman–Crippen MR) is 55.5 cm³/mol. The topological polar surface area (TPSA) is 60.9 Å². The van der Waals surface area contributed by atoms with Gasteiger partial charge in [0, 0.05) is 39.1 Å². The average Bonchev–Trinajstić information content (AvgIpc) is 2.15. The molecule has 15 heavy (non-hydrogen) atoms. The van der Waals surface area contributed by atoms with E-state index in [1.165, 1.54) is 0 Å². The first-order chi connectivity index (χ1) is 7.00. The fourth-order valence-corrected chi connectivity index (χ4v) is 1.85. The van der Waals surface area contributed by atoms with Gasteiger partial charge in [0.1, 0.15) is 0 Å². The van der Waals surface area contributed by atoms with Crippen molar-refractivity contribution in [3.05, 3.63) is 0 Å². The Balaban J connectivity index is 2.38. The van der Waals surface area contributed by atoms with Gasteiger partial charge in [0.15, 0.2) is 0 Å². The van der Waals surface area contributed by atoms with Crippen LogP contribution in [0.3, 0.4) is 0 Å². The first kappa shape index (κ1) is 12.0. The summed E-state index contributed by atoms with van der Waals surface area (Å²) >= 11 is 0. The maximum absolute atomic E-state index is 11.1. The second kappa shape index (κ2) is 5.11. The molecule has 1 fully saturated rings. The van der Waals surface area contributed by atoms with Crippen LogP contribution in [0.15, 0.2) is 0 Å². The number of carbonyl (C=O) groups excluding carboxylic acids is 1. The summed E-state index contributed by atoms with van der Waals surface area (Å²) in [7, 11) is 0. The summed E-state index contributed by atoms with van der Waals surface area (Å²) in [6.07, 6.45) is 0.171. The van der Waals surface area contributed by atoms with Crippen molar-refractivity contribution in [2.24, 2.45) is 0 Å². The van der Waals surface area contributed by atoms with Crippen LogP contribution >= 0.6 is 0 Å². The zero-order chi connectivity index (χ0) is 11.4. The van der Waals surface area contributed by atoms with Crippen LogP contribution in [0, 0.1) is 0 Å². The fourth-order valence-electron chi connectivity index (χ4n) is 1.85. The molecule has 1 heterocycles. The van der Waals surface area contributed by atoms with E-state index < -0.39 is 5.97 Å². The zero-order valence-electron chi connectivity index (χ0n) is 9.27. The first-order valence-electron chi connectivity index (χ1n) is 5.22. The maximum Gasteiger partial charge on any atom is 0.304 e. The number of nitrogens with zero attached hydrogens (tertiary/aromatic N) is 2. The van der Waals surface area contributed by atoms with Crippen molar-refractivity contribution >= 4 is 11.9 Å². The van der Waals surface area contributed by atoms with Gasteiger partial charge in [-0.15, -0.1) is 0 Å². The van der Waals surface area contributed by atoms with Gasteiger partial charge in [-0.1, -0.05) is 0 Å². The minimum absolute atomic E-state index is 0.0970. The van der Waals surface area contributed by atoms with E-state index in [2.05, 4.69) is 4.90 Å². The lowest BCUT2D eigenvalue weighted by Gasteiger charge is -2.39. The number of hydrogen-bond donors (Lipinski definition) is 1. The molecule has 0 saturated carbocycles. The van der Waals surface area contributed by atoms with Crippen LogP contribution in [0.25, 0.3) is 0 Å². The molecule has 86 valence electrons. The van der Waals surface area contributed by atoms with Crippen LogP contribution in [0.2, 0.25) is 0 Å². The number of carboxylic acid groups (broad SMARTS) is 1. The fraction of sp³-hybridized carbons (Fsp3) is 0.800. The molecule has 1 aliphatic rings. The second-order valence-corrected chi connectivity index (χ2v) is 3.99. The van der Waals surface area contributed by atoms with Gasteiger partial charge in [0.05, 0.1) is 6.42 Å². The van der Waals surface area contributed by atoms with E-state index in [9.17, 15) is 9.59 Å². The van der Waals surface area contributed by atoms with Crippen molar-refractivity contribution in [1.29, 1.82) is 0 Å². The van der Waals surface area contributed by atoms with Gasteiger partial charge in [-0.2, -0.15) is 0 Å². The summed E-state index contributed by atoms with van der Waals surface area (Å²) in [6.45, 7) is 6.35. The molecule has 1 N–H and O–H groups in total. The largest absolute Gasteiger partial charge is 0.481 e. The highest BCUT2D eigenvalue weighted by Gasteiger charge is 2.24. The number of rotatable bonds is 3. The SMILES string of the molecule is CC(=O)N1CCN(CCC(=O)O)C(C)C1. The highest BCUT2D eigenvalue weighted by Crippen LogP contribution is 2.09. The molecule has 1 aliphatic heterocycles. The van der Waals surface area contributed by atoms with E-state index in [4.69, 9.17) is 5.11 Å². The molecule has 0 bridgehead atoms. The van der Waals surface area contributed by atoms with Crippen molar-refractivity contribution in [2.45, 2.75) is 26.3 Å². The van der Waals surface area contributed by atoms with Crippen LogP contribution in [0.1, 0.15) is 20.3 Å². The van der Waals surface area contributed by atoms with Crippen molar-refractivity contribution in [3.63, 3.8) is 0 Å². The molecule has 1 amide bonds. The van der Waals surface area contributed by atoms with Crippen molar-refractivity contribution < 1.29 is 14.7 Å². The Hall–Kier alpha value is -1.10. The number of hydrogen-bond acceptors (Lipinski definition) is 3. The summed E-state index contributed by atoms with van der Waals surface area (Å²) in [5, 5.41) is 8.58. The Labute approximate surface area is 89.7 Å². The molecule has 5 nitrogen and oxygen atoms in total. The van der Waals surface area contributed by atoms with Crippen LogP contribution in [-0.4, -0.2) is 59.0 Å². The minimum Gasteiger partial charge on any atom is -0.481 e. The van der Waals surface area contributed by atoms with Crippen LogP contribution in [-0.2, 0) is 9.59 Å². The number of carbonyl (C=O) groups is 2. The van der Waals surface area contributed by atoms with E-state index in [1.54, 1.807) is 6.92 Å². The lowest BCUT2D eigenvalue weighted by atomic mass is 10.2. The highest BCUT2D eigenvalue weighted by atomic mass is 16.4. The van der Waals surface area contributed by atoms with Gasteiger partial charge >= 0.3 is 5.97 Å². The third kappa shape index (κ3) is 3.51. The first-order valence-corrected chi connectivity index (χ1v) is 5.22. The summed E-state index contributed by atoms with van der Waals surface area (Å²) < 4.78 is 0. The van der Waals surface area contributed by atoms with Crippen LogP contribution in [0.5, 0.6) is 0 Å². The van der Waals surface area contributed by atoms with Crippen molar-refractivity contribution in [1.82, 2.24) is 9.80 Å². The number of aliphatic carboxylic acids is 1. The number of piperazine rings is 1. The molecule has 0 aromatic rings. The third-order valence-electron chi connectivity index (χ3n) is 2.82. The Morgan fingerprint density at radius 1 is 1.40 bits per heavy atom. The van der Waals surface area contributed by atoms with Crippen LogP contribution < -0.4 is 0 Å². The molecule has 0 radical (unpaired) electrons. The van der Waals surface area contributed by atoms with Gasteiger partial charge in [-0.3, -0.25) is 14.5 Å². The number of amides is 1. The van der Waals surface area contributed by atoms with Gasteiger partial charge < -0.3 is 10.0 Å². The molecule has 0 aromatic carbocycles. The molecule has 1 rings (SSSR count). The zero-order valence-corrected chi connectivity index (χ0v) is 9.27. The molecule has 5 heteroatoms. The van der Waals surface area contributed by atoms with Gasteiger partial charge in [0.25, 0.3) is 0 Å². The molecular weight excluding hydrogens is 196 g/mol. The molecule has 0 aliphatic carbocycles. The van der Waals surface area contributed by atoms with Gasteiger partial charge in [0.2, 0.25) is 5.91 Å². The Morgan fingerprint density at radius 2 is 2.07 bits per heavy atom. The summed E-state index contributed by atoms with van der Waals surface area (Å²) in [4.78, 5) is 25.5. The molecule has 0 spiro atoms. The third-order valence-corrected chi connectivity index (χ3v) is 2.82. The normalized spacial score (nSPS) is 22.8. The lowest BCUT2D eigenvalue weighted by Crippen LogP contribution is -2.53. The predicted octanol–water partition coefficient (Wildman–Crippen LogP) is 0.0137. The summed E-state index contributed by atoms with van der Waals surface area (Å²) in [5.41, 5.74) is 0. The molecule has 1 unspecified atom stereocenters. The van der Waals surface area contributed by atoms with E-state index in [0.29, 0.717) is 19.6 Å². The Morgan fingerprint density at radius 3 is 2.53 bits per heavy atom. The van der Waals surface area contributed by atoms with E-state index >= 15 is 0 Å². The smallest absolute Gasteiger partial charge is 0.304 e.